The van der Waals surface area contributed by atoms with Gasteiger partial charge < -0.3 is 0 Å². The highest BCUT2D eigenvalue weighted by Gasteiger charge is 2.24. The molecule has 0 spiro atoms. The lowest BCUT2D eigenvalue weighted by molar-refractivity contribution is 1.13. The summed E-state index contributed by atoms with van der Waals surface area (Å²) in [4.78, 5) is 0. The maximum Gasteiger partial charge on any atom is 0.0519 e. The fourth-order valence-corrected chi connectivity index (χ4v) is 1.42. The Kier molecular flexibility index (Phi) is 1.42. The standard InChI is InChI=1S/C9H8Cl/c10-9-4-2-1-3-8(9)7-5-6-7/h1-3,7H,5-6H2. The van der Waals surface area contributed by atoms with Gasteiger partial charge in [-0.3, -0.25) is 0 Å². The van der Waals surface area contributed by atoms with Crippen LogP contribution in [-0.2, 0) is 0 Å². The second-order valence-electron chi connectivity index (χ2n) is 2.71. The van der Waals surface area contributed by atoms with E-state index < -0.39 is 0 Å². The number of benzene rings is 1. The minimum absolute atomic E-state index is 0.741. The van der Waals surface area contributed by atoms with Crippen LogP contribution in [0.4, 0.5) is 0 Å². The minimum Gasteiger partial charge on any atom is -0.0833 e. The first-order valence-electron chi connectivity index (χ1n) is 3.54. The van der Waals surface area contributed by atoms with Crippen LogP contribution in [0.2, 0.25) is 5.02 Å². The van der Waals surface area contributed by atoms with Crippen molar-refractivity contribution in [1.29, 1.82) is 0 Å². The van der Waals surface area contributed by atoms with Crippen LogP contribution >= 0.6 is 11.6 Å². The molecule has 0 saturated heterocycles. The van der Waals surface area contributed by atoms with Crippen molar-refractivity contribution < 1.29 is 0 Å². The molecule has 0 amide bonds. The van der Waals surface area contributed by atoms with Gasteiger partial charge in [0.25, 0.3) is 0 Å². The Hall–Kier alpha value is -0.490. The fraction of sp³-hybridized carbons (Fsp3) is 0.333. The van der Waals surface area contributed by atoms with E-state index >= 15 is 0 Å². The molecule has 0 bridgehead atoms. The molecule has 2 rings (SSSR count). The first kappa shape index (κ1) is 6.23. The molecule has 1 aliphatic rings. The molecule has 1 aromatic carbocycles. The van der Waals surface area contributed by atoms with Crippen LogP contribution < -0.4 is 0 Å². The fourth-order valence-electron chi connectivity index (χ4n) is 1.14. The average Bonchev–Trinajstić information content (AvgIpc) is 2.71. The molecule has 1 saturated carbocycles. The van der Waals surface area contributed by atoms with Gasteiger partial charge in [0.2, 0.25) is 0 Å². The number of hydrogen-bond donors (Lipinski definition) is 0. The first-order chi connectivity index (χ1) is 4.88. The second-order valence-corrected chi connectivity index (χ2v) is 3.09. The zero-order valence-corrected chi connectivity index (χ0v) is 6.36. The van der Waals surface area contributed by atoms with E-state index in [-0.39, 0.29) is 0 Å². The lowest BCUT2D eigenvalue weighted by Gasteiger charge is -1.97. The molecule has 0 N–H and O–H groups in total. The third-order valence-electron chi connectivity index (χ3n) is 1.85. The van der Waals surface area contributed by atoms with Gasteiger partial charge in [-0.25, -0.2) is 0 Å². The summed E-state index contributed by atoms with van der Waals surface area (Å²) in [7, 11) is 0. The summed E-state index contributed by atoms with van der Waals surface area (Å²) in [5, 5.41) is 0.810. The van der Waals surface area contributed by atoms with Crippen LogP contribution in [0.5, 0.6) is 0 Å². The van der Waals surface area contributed by atoms with Gasteiger partial charge in [0, 0.05) is 6.07 Å². The Labute approximate surface area is 65.8 Å². The summed E-state index contributed by atoms with van der Waals surface area (Å²) in [5.74, 6) is 0.741. The summed E-state index contributed by atoms with van der Waals surface area (Å²) >= 11 is 5.90. The Balaban J connectivity index is 2.39. The molecule has 0 unspecified atom stereocenters. The molecular formula is C9H8Cl. The van der Waals surface area contributed by atoms with E-state index in [1.807, 2.05) is 12.1 Å². The average molecular weight is 152 g/mol. The highest BCUT2D eigenvalue weighted by Crippen LogP contribution is 2.42. The molecule has 1 aromatic rings. The SMILES string of the molecule is Clc1[c]cccc1C1CC1. The highest BCUT2D eigenvalue weighted by molar-refractivity contribution is 6.31. The van der Waals surface area contributed by atoms with Gasteiger partial charge in [-0.05, 0) is 24.3 Å². The number of hydrogen-bond acceptors (Lipinski definition) is 0. The van der Waals surface area contributed by atoms with Gasteiger partial charge in [0.1, 0.15) is 0 Å². The Morgan fingerprint density at radius 2 is 2.30 bits per heavy atom. The topological polar surface area (TPSA) is 0 Å². The third-order valence-corrected chi connectivity index (χ3v) is 2.18. The minimum atomic E-state index is 0.741. The number of rotatable bonds is 1. The van der Waals surface area contributed by atoms with E-state index in [2.05, 4.69) is 12.1 Å². The van der Waals surface area contributed by atoms with Crippen molar-refractivity contribution in [2.45, 2.75) is 18.8 Å². The van der Waals surface area contributed by atoms with Gasteiger partial charge in [-0.1, -0.05) is 29.8 Å². The lowest BCUT2D eigenvalue weighted by atomic mass is 10.1. The molecule has 51 valence electrons. The van der Waals surface area contributed by atoms with Crippen molar-refractivity contribution in [3.63, 3.8) is 0 Å². The van der Waals surface area contributed by atoms with Crippen LogP contribution in [0, 0.1) is 6.07 Å². The normalized spacial score (nSPS) is 17.3. The van der Waals surface area contributed by atoms with Crippen LogP contribution in [-0.4, -0.2) is 0 Å². The molecule has 1 radical (unpaired) electrons. The van der Waals surface area contributed by atoms with E-state index in [1.165, 1.54) is 18.4 Å². The van der Waals surface area contributed by atoms with E-state index in [1.54, 1.807) is 0 Å². The van der Waals surface area contributed by atoms with Gasteiger partial charge in [0.15, 0.2) is 0 Å². The largest absolute Gasteiger partial charge is 0.0833 e. The smallest absolute Gasteiger partial charge is 0.0519 e. The van der Waals surface area contributed by atoms with E-state index in [0.717, 1.165) is 10.9 Å². The van der Waals surface area contributed by atoms with E-state index in [9.17, 15) is 0 Å². The molecule has 10 heavy (non-hydrogen) atoms. The van der Waals surface area contributed by atoms with Crippen molar-refractivity contribution in [2.24, 2.45) is 0 Å². The molecular weight excluding hydrogens is 144 g/mol. The Bertz CT molecular complexity index is 238. The van der Waals surface area contributed by atoms with Gasteiger partial charge in [-0.2, -0.15) is 0 Å². The van der Waals surface area contributed by atoms with Gasteiger partial charge in [0.05, 0.1) is 5.02 Å². The van der Waals surface area contributed by atoms with Gasteiger partial charge >= 0.3 is 0 Å². The summed E-state index contributed by atoms with van der Waals surface area (Å²) in [6.45, 7) is 0. The molecule has 0 aliphatic heterocycles. The molecule has 1 heteroatoms. The maximum absolute atomic E-state index is 5.90. The quantitative estimate of drug-likeness (QED) is 0.579. The zero-order valence-electron chi connectivity index (χ0n) is 5.60. The Morgan fingerprint density at radius 1 is 1.50 bits per heavy atom. The first-order valence-corrected chi connectivity index (χ1v) is 3.92. The molecule has 0 aromatic heterocycles. The third kappa shape index (κ3) is 1.04. The molecule has 1 fully saturated rings. The molecule has 0 atom stereocenters. The summed E-state index contributed by atoms with van der Waals surface area (Å²) < 4.78 is 0. The van der Waals surface area contributed by atoms with Gasteiger partial charge in [-0.15, -0.1) is 0 Å². The maximum atomic E-state index is 5.90. The van der Waals surface area contributed by atoms with Crippen molar-refractivity contribution in [1.82, 2.24) is 0 Å². The zero-order chi connectivity index (χ0) is 6.97. The molecule has 1 aliphatic carbocycles. The number of halogens is 1. The highest BCUT2D eigenvalue weighted by atomic mass is 35.5. The van der Waals surface area contributed by atoms with Crippen LogP contribution in [0.1, 0.15) is 24.3 Å². The Morgan fingerprint density at radius 3 is 2.90 bits per heavy atom. The summed E-state index contributed by atoms with van der Waals surface area (Å²) in [6, 6.07) is 8.94. The van der Waals surface area contributed by atoms with Crippen LogP contribution in [0.3, 0.4) is 0 Å². The van der Waals surface area contributed by atoms with Crippen molar-refractivity contribution in [2.75, 3.05) is 0 Å². The summed E-state index contributed by atoms with van der Waals surface area (Å²) in [5.41, 5.74) is 1.28. The van der Waals surface area contributed by atoms with Crippen molar-refractivity contribution in [3.05, 3.63) is 34.9 Å². The summed E-state index contributed by atoms with van der Waals surface area (Å²) in [6.07, 6.45) is 2.61. The molecule has 0 heterocycles. The van der Waals surface area contributed by atoms with Crippen LogP contribution in [0.15, 0.2) is 18.2 Å². The predicted octanol–water partition coefficient (Wildman–Crippen LogP) is 3.02. The predicted molar refractivity (Wildman–Crippen MR) is 42.3 cm³/mol. The van der Waals surface area contributed by atoms with E-state index in [4.69, 9.17) is 11.6 Å². The van der Waals surface area contributed by atoms with Crippen molar-refractivity contribution >= 4 is 11.6 Å². The van der Waals surface area contributed by atoms with Crippen molar-refractivity contribution in [3.8, 4) is 0 Å². The monoisotopic (exact) mass is 151 g/mol. The lowest BCUT2D eigenvalue weighted by Crippen LogP contribution is -1.78. The van der Waals surface area contributed by atoms with Crippen LogP contribution in [0.25, 0.3) is 0 Å². The van der Waals surface area contributed by atoms with E-state index in [0.29, 0.717) is 0 Å². The second kappa shape index (κ2) is 2.28. The molecule has 0 nitrogen and oxygen atoms in total.